The zero-order valence-corrected chi connectivity index (χ0v) is 20.2. The van der Waals surface area contributed by atoms with Gasteiger partial charge in [-0.3, -0.25) is 4.79 Å². The van der Waals surface area contributed by atoms with Crippen molar-refractivity contribution in [1.29, 1.82) is 0 Å². The highest BCUT2D eigenvalue weighted by molar-refractivity contribution is 5.85. The third kappa shape index (κ3) is 3.39. The number of H-pyrrole nitrogens is 1. The Morgan fingerprint density at radius 3 is 2.14 bits per heavy atom. The number of para-hydroxylation sites is 1. The maximum absolute atomic E-state index is 14.0. The zero-order chi connectivity index (χ0) is 25.0. The summed E-state index contributed by atoms with van der Waals surface area (Å²) >= 11 is 0. The second-order valence-electron chi connectivity index (χ2n) is 9.48. The second kappa shape index (κ2) is 8.39. The van der Waals surface area contributed by atoms with Crippen molar-refractivity contribution in [3.05, 3.63) is 122 Å². The van der Waals surface area contributed by atoms with Gasteiger partial charge in [0.1, 0.15) is 5.56 Å². The number of aromatic nitrogens is 3. The lowest BCUT2D eigenvalue weighted by atomic mass is 9.95. The van der Waals surface area contributed by atoms with Crippen LogP contribution in [0, 0.1) is 13.8 Å². The van der Waals surface area contributed by atoms with Crippen molar-refractivity contribution in [3.8, 4) is 17.3 Å². The van der Waals surface area contributed by atoms with Gasteiger partial charge < -0.3 is 15.4 Å². The number of aromatic amines is 1. The van der Waals surface area contributed by atoms with Crippen LogP contribution in [0.4, 0.5) is 0 Å². The molecule has 0 aliphatic carbocycles. The number of nitrogens with two attached hydrogens (primary N) is 1. The SMILES string of the molecule is Cc1ccc(-n2c(O)c([C@@H]3[NH2+]CCc4c3[nH]c3ccccc43)c(=O)n(-c3ccc(C)cc3)c2=O)cc1. The van der Waals surface area contributed by atoms with Crippen LogP contribution in [0.15, 0.2) is 82.4 Å². The second-order valence-corrected chi connectivity index (χ2v) is 9.48. The lowest BCUT2D eigenvalue weighted by Gasteiger charge is -2.24. The summed E-state index contributed by atoms with van der Waals surface area (Å²) in [6, 6.07) is 22.2. The van der Waals surface area contributed by atoms with E-state index < -0.39 is 17.3 Å². The van der Waals surface area contributed by atoms with Gasteiger partial charge in [0, 0.05) is 17.3 Å². The van der Waals surface area contributed by atoms with Gasteiger partial charge in [0.2, 0.25) is 5.88 Å². The maximum atomic E-state index is 14.0. The van der Waals surface area contributed by atoms with Gasteiger partial charge in [-0.2, -0.15) is 0 Å². The van der Waals surface area contributed by atoms with Crippen molar-refractivity contribution < 1.29 is 10.4 Å². The van der Waals surface area contributed by atoms with Crippen LogP contribution in [-0.2, 0) is 6.42 Å². The molecule has 0 bridgehead atoms. The first-order chi connectivity index (χ1) is 17.4. The fourth-order valence-electron chi connectivity index (χ4n) is 5.26. The van der Waals surface area contributed by atoms with Crippen LogP contribution in [-0.4, -0.2) is 25.8 Å². The number of hydrogen-bond donors (Lipinski definition) is 3. The summed E-state index contributed by atoms with van der Waals surface area (Å²) < 4.78 is 2.40. The number of aromatic hydroxyl groups is 1. The molecule has 7 nitrogen and oxygen atoms in total. The zero-order valence-electron chi connectivity index (χ0n) is 20.2. The lowest BCUT2D eigenvalue weighted by Crippen LogP contribution is -2.88. The number of rotatable bonds is 3. The Balaban J connectivity index is 1.67. The summed E-state index contributed by atoms with van der Waals surface area (Å²) in [5.74, 6) is -0.329. The predicted molar refractivity (Wildman–Crippen MR) is 139 cm³/mol. The summed E-state index contributed by atoms with van der Waals surface area (Å²) in [4.78, 5) is 31.3. The highest BCUT2D eigenvalue weighted by Crippen LogP contribution is 2.33. The van der Waals surface area contributed by atoms with Crippen LogP contribution < -0.4 is 16.6 Å². The monoisotopic (exact) mass is 479 g/mol. The lowest BCUT2D eigenvalue weighted by molar-refractivity contribution is -0.690. The average molecular weight is 480 g/mol. The standard InChI is InChI=1S/C29H26N4O3/c1-17-7-11-19(12-8-17)32-27(34)24(28(35)33(29(32)36)20-13-9-18(2)10-14-20)26-25-22(15-16-30-26)21-5-3-4-6-23(21)31-25/h3-14,26,30-31,34H,15-16H2,1-2H3/p+1/t26-/m0/s1. The van der Waals surface area contributed by atoms with E-state index in [1.165, 1.54) is 9.13 Å². The van der Waals surface area contributed by atoms with Gasteiger partial charge in [0.05, 0.1) is 23.6 Å². The van der Waals surface area contributed by atoms with Crippen molar-refractivity contribution in [2.75, 3.05) is 6.54 Å². The Hall–Kier alpha value is -4.36. The summed E-state index contributed by atoms with van der Waals surface area (Å²) in [7, 11) is 0. The highest BCUT2D eigenvalue weighted by Gasteiger charge is 2.35. The van der Waals surface area contributed by atoms with Crippen LogP contribution in [0.5, 0.6) is 5.88 Å². The molecule has 180 valence electrons. The molecular formula is C29H27N4O3+. The summed E-state index contributed by atoms with van der Waals surface area (Å²) in [6.45, 7) is 4.67. The largest absolute Gasteiger partial charge is 0.494 e. The van der Waals surface area contributed by atoms with Crippen molar-refractivity contribution in [1.82, 2.24) is 14.1 Å². The number of aryl methyl sites for hydroxylation is 2. The van der Waals surface area contributed by atoms with E-state index >= 15 is 0 Å². The molecule has 0 fully saturated rings. The Kier molecular flexibility index (Phi) is 5.16. The van der Waals surface area contributed by atoms with Crippen molar-refractivity contribution in [2.24, 2.45) is 0 Å². The van der Waals surface area contributed by atoms with E-state index in [9.17, 15) is 14.7 Å². The smallest absolute Gasteiger partial charge is 0.343 e. The minimum absolute atomic E-state index is 0.184. The minimum Gasteiger partial charge on any atom is -0.494 e. The number of hydrogen-bond acceptors (Lipinski definition) is 3. The first-order valence-corrected chi connectivity index (χ1v) is 12.1. The predicted octanol–water partition coefficient (Wildman–Crippen LogP) is 3.00. The van der Waals surface area contributed by atoms with Gasteiger partial charge in [0.25, 0.3) is 5.56 Å². The van der Waals surface area contributed by atoms with Crippen molar-refractivity contribution >= 4 is 10.9 Å². The average Bonchev–Trinajstić information content (AvgIpc) is 3.26. The molecule has 0 saturated heterocycles. The topological polar surface area (TPSA) is 96.6 Å². The Morgan fingerprint density at radius 2 is 1.47 bits per heavy atom. The molecule has 5 aromatic rings. The third-order valence-corrected chi connectivity index (χ3v) is 7.12. The third-order valence-electron chi connectivity index (χ3n) is 7.12. The minimum atomic E-state index is -0.610. The number of nitrogens with one attached hydrogen (secondary N) is 1. The number of nitrogens with zero attached hydrogens (tertiary/aromatic N) is 2. The van der Waals surface area contributed by atoms with Crippen LogP contribution in [0.25, 0.3) is 22.3 Å². The molecule has 0 saturated carbocycles. The molecule has 7 heteroatoms. The van der Waals surface area contributed by atoms with Gasteiger partial charge in [-0.1, -0.05) is 53.6 Å². The normalized spacial score (nSPS) is 15.2. The number of benzene rings is 3. The van der Waals surface area contributed by atoms with E-state index in [0.29, 0.717) is 11.4 Å². The summed E-state index contributed by atoms with van der Waals surface area (Å²) in [5.41, 5.74) is 5.10. The Morgan fingerprint density at radius 1 is 0.861 bits per heavy atom. The quantitative estimate of drug-likeness (QED) is 0.371. The van der Waals surface area contributed by atoms with E-state index in [4.69, 9.17) is 0 Å². The number of fused-ring (bicyclic) bond motifs is 3. The Labute approximate surface area is 207 Å². The molecule has 1 atom stereocenters. The Bertz CT molecular complexity index is 1720. The summed E-state index contributed by atoms with van der Waals surface area (Å²) in [5, 5.41) is 14.7. The fourth-order valence-corrected chi connectivity index (χ4v) is 5.26. The first-order valence-electron chi connectivity index (χ1n) is 12.1. The molecule has 6 rings (SSSR count). The molecule has 3 aromatic carbocycles. The molecule has 0 amide bonds. The molecule has 2 aromatic heterocycles. The molecule has 4 N–H and O–H groups in total. The molecule has 3 heterocycles. The van der Waals surface area contributed by atoms with Crippen LogP contribution in [0.2, 0.25) is 0 Å². The van der Waals surface area contributed by atoms with Gasteiger partial charge in [-0.15, -0.1) is 0 Å². The van der Waals surface area contributed by atoms with Gasteiger partial charge in [-0.25, -0.2) is 13.9 Å². The first kappa shape index (κ1) is 22.1. The molecule has 0 radical (unpaired) electrons. The fraction of sp³-hybridized carbons (Fsp3) is 0.172. The van der Waals surface area contributed by atoms with Crippen LogP contribution in [0.3, 0.4) is 0 Å². The molecule has 0 spiro atoms. The molecular weight excluding hydrogens is 452 g/mol. The van der Waals surface area contributed by atoms with Crippen molar-refractivity contribution in [3.63, 3.8) is 0 Å². The van der Waals surface area contributed by atoms with Gasteiger partial charge >= 0.3 is 5.69 Å². The van der Waals surface area contributed by atoms with Crippen molar-refractivity contribution in [2.45, 2.75) is 26.3 Å². The van der Waals surface area contributed by atoms with Crippen LogP contribution in [0.1, 0.15) is 34.0 Å². The van der Waals surface area contributed by atoms with E-state index in [0.717, 1.165) is 46.3 Å². The van der Waals surface area contributed by atoms with E-state index in [1.807, 2.05) is 56.3 Å². The van der Waals surface area contributed by atoms with Gasteiger partial charge in [0.15, 0.2) is 6.04 Å². The maximum Gasteiger partial charge on any atom is 0.343 e. The summed E-state index contributed by atoms with van der Waals surface area (Å²) in [6.07, 6.45) is 0.848. The van der Waals surface area contributed by atoms with Gasteiger partial charge in [-0.05, 0) is 49.7 Å². The molecule has 1 aliphatic rings. The van der Waals surface area contributed by atoms with Crippen LogP contribution >= 0.6 is 0 Å². The highest BCUT2D eigenvalue weighted by atomic mass is 16.3. The molecule has 0 unspecified atom stereocenters. The van der Waals surface area contributed by atoms with E-state index in [2.05, 4.69) is 16.4 Å². The molecule has 1 aliphatic heterocycles. The molecule has 36 heavy (non-hydrogen) atoms. The number of quaternary nitrogens is 1. The van der Waals surface area contributed by atoms with E-state index in [-0.39, 0.29) is 11.4 Å². The van der Waals surface area contributed by atoms with E-state index in [1.54, 1.807) is 24.3 Å².